The summed E-state index contributed by atoms with van der Waals surface area (Å²) in [5, 5.41) is 10.0. The molecule has 2 rings (SSSR count). The first kappa shape index (κ1) is 13.8. The highest BCUT2D eigenvalue weighted by Crippen LogP contribution is 2.23. The van der Waals surface area contributed by atoms with Crippen molar-refractivity contribution in [3.63, 3.8) is 0 Å². The van der Waals surface area contributed by atoms with E-state index in [1.54, 1.807) is 0 Å². The Hall–Kier alpha value is -0.610. The van der Waals surface area contributed by atoms with Crippen molar-refractivity contribution in [2.24, 2.45) is 0 Å². The van der Waals surface area contributed by atoms with Crippen LogP contribution in [0.5, 0.6) is 0 Å². The van der Waals surface area contributed by atoms with Gasteiger partial charge in [-0.2, -0.15) is 0 Å². The SMILES string of the molecule is CC1(C)CN(Cc2cccc(Cl)c2)CC(CO)O1. The Morgan fingerprint density at radius 1 is 1.50 bits per heavy atom. The Balaban J connectivity index is 2.04. The number of rotatable bonds is 3. The molecule has 1 fully saturated rings. The van der Waals surface area contributed by atoms with E-state index in [-0.39, 0.29) is 18.3 Å². The van der Waals surface area contributed by atoms with E-state index in [9.17, 15) is 5.11 Å². The molecule has 0 radical (unpaired) electrons. The number of halogens is 1. The maximum Gasteiger partial charge on any atom is 0.0940 e. The molecule has 18 heavy (non-hydrogen) atoms. The number of nitrogens with zero attached hydrogens (tertiary/aromatic N) is 1. The summed E-state index contributed by atoms with van der Waals surface area (Å²) in [6, 6.07) is 7.90. The van der Waals surface area contributed by atoms with E-state index in [0.29, 0.717) is 0 Å². The zero-order valence-corrected chi connectivity index (χ0v) is 11.7. The normalized spacial score (nSPS) is 24.1. The van der Waals surface area contributed by atoms with Gasteiger partial charge in [-0.1, -0.05) is 23.7 Å². The second-order valence-electron chi connectivity index (χ2n) is 5.48. The maximum absolute atomic E-state index is 9.28. The molecule has 0 amide bonds. The van der Waals surface area contributed by atoms with Crippen LogP contribution in [0.25, 0.3) is 0 Å². The molecule has 1 aromatic carbocycles. The zero-order valence-electron chi connectivity index (χ0n) is 10.9. The largest absolute Gasteiger partial charge is 0.394 e. The fourth-order valence-corrected chi connectivity index (χ4v) is 2.74. The molecule has 0 aliphatic carbocycles. The summed E-state index contributed by atoms with van der Waals surface area (Å²) in [7, 11) is 0. The van der Waals surface area contributed by atoms with Gasteiger partial charge in [-0.3, -0.25) is 4.90 Å². The predicted octanol–water partition coefficient (Wildman–Crippen LogP) is 2.31. The Labute approximate surface area is 113 Å². The first-order chi connectivity index (χ1) is 8.48. The minimum Gasteiger partial charge on any atom is -0.394 e. The Morgan fingerprint density at radius 2 is 2.28 bits per heavy atom. The second kappa shape index (κ2) is 5.57. The van der Waals surface area contributed by atoms with Crippen LogP contribution in [0.15, 0.2) is 24.3 Å². The highest BCUT2D eigenvalue weighted by Gasteiger charge is 2.32. The van der Waals surface area contributed by atoms with Gasteiger partial charge in [0.05, 0.1) is 18.3 Å². The average Bonchev–Trinajstić information content (AvgIpc) is 2.26. The van der Waals surface area contributed by atoms with Crippen LogP contribution in [-0.2, 0) is 11.3 Å². The Bertz CT molecular complexity index is 409. The van der Waals surface area contributed by atoms with Crippen LogP contribution in [0.1, 0.15) is 19.4 Å². The van der Waals surface area contributed by atoms with Gasteiger partial charge in [-0.05, 0) is 31.5 Å². The smallest absolute Gasteiger partial charge is 0.0940 e. The third kappa shape index (κ3) is 3.69. The van der Waals surface area contributed by atoms with Gasteiger partial charge in [-0.15, -0.1) is 0 Å². The highest BCUT2D eigenvalue weighted by molar-refractivity contribution is 6.30. The molecular formula is C14H20ClNO2. The maximum atomic E-state index is 9.28. The van der Waals surface area contributed by atoms with E-state index in [2.05, 4.69) is 24.8 Å². The van der Waals surface area contributed by atoms with Gasteiger partial charge in [0.25, 0.3) is 0 Å². The van der Waals surface area contributed by atoms with E-state index in [0.717, 1.165) is 24.7 Å². The van der Waals surface area contributed by atoms with Gasteiger partial charge in [0.1, 0.15) is 0 Å². The summed E-state index contributed by atoms with van der Waals surface area (Å²) in [6.07, 6.45) is -0.104. The van der Waals surface area contributed by atoms with Crippen LogP contribution in [0.3, 0.4) is 0 Å². The number of hydrogen-bond donors (Lipinski definition) is 1. The van der Waals surface area contributed by atoms with Crippen molar-refractivity contribution in [1.82, 2.24) is 4.90 Å². The van der Waals surface area contributed by atoms with Crippen molar-refractivity contribution < 1.29 is 9.84 Å². The molecule has 1 atom stereocenters. The molecule has 1 aliphatic heterocycles. The third-order valence-corrected chi connectivity index (χ3v) is 3.29. The van der Waals surface area contributed by atoms with Crippen molar-refractivity contribution in [2.45, 2.75) is 32.1 Å². The van der Waals surface area contributed by atoms with Gasteiger partial charge >= 0.3 is 0 Å². The fourth-order valence-electron chi connectivity index (χ4n) is 2.53. The summed E-state index contributed by atoms with van der Waals surface area (Å²) >= 11 is 5.99. The van der Waals surface area contributed by atoms with Gasteiger partial charge in [0.15, 0.2) is 0 Å². The molecule has 1 saturated heterocycles. The van der Waals surface area contributed by atoms with Crippen molar-refractivity contribution in [3.05, 3.63) is 34.9 Å². The van der Waals surface area contributed by atoms with Gasteiger partial charge in [0.2, 0.25) is 0 Å². The summed E-state index contributed by atoms with van der Waals surface area (Å²) in [6.45, 7) is 6.63. The van der Waals surface area contributed by atoms with Crippen molar-refractivity contribution in [1.29, 1.82) is 0 Å². The summed E-state index contributed by atoms with van der Waals surface area (Å²) < 4.78 is 5.80. The molecular weight excluding hydrogens is 250 g/mol. The molecule has 0 aromatic heterocycles. The molecule has 1 unspecified atom stereocenters. The summed E-state index contributed by atoms with van der Waals surface area (Å²) in [5.74, 6) is 0. The topological polar surface area (TPSA) is 32.7 Å². The lowest BCUT2D eigenvalue weighted by atomic mass is 10.0. The molecule has 3 nitrogen and oxygen atoms in total. The average molecular weight is 270 g/mol. The molecule has 1 aliphatic rings. The number of benzene rings is 1. The molecule has 100 valence electrons. The van der Waals surface area contributed by atoms with Gasteiger partial charge in [-0.25, -0.2) is 0 Å². The van der Waals surface area contributed by atoms with Crippen molar-refractivity contribution in [2.75, 3.05) is 19.7 Å². The molecule has 1 N–H and O–H groups in total. The van der Waals surface area contributed by atoms with Gasteiger partial charge in [0, 0.05) is 24.7 Å². The van der Waals surface area contributed by atoms with E-state index in [1.165, 1.54) is 5.56 Å². The number of ether oxygens (including phenoxy) is 1. The monoisotopic (exact) mass is 269 g/mol. The first-order valence-electron chi connectivity index (χ1n) is 6.24. The molecule has 0 saturated carbocycles. The standard InChI is InChI=1S/C14H20ClNO2/c1-14(2)10-16(8-13(9-17)18-14)7-11-4-3-5-12(15)6-11/h3-6,13,17H,7-10H2,1-2H3. The van der Waals surface area contributed by atoms with E-state index in [1.807, 2.05) is 18.2 Å². The third-order valence-electron chi connectivity index (χ3n) is 3.05. The van der Waals surface area contributed by atoms with Crippen LogP contribution < -0.4 is 0 Å². The number of aliphatic hydroxyl groups excluding tert-OH is 1. The lowest BCUT2D eigenvalue weighted by molar-refractivity contribution is -0.150. The van der Waals surface area contributed by atoms with E-state index in [4.69, 9.17) is 16.3 Å². The number of morpholine rings is 1. The zero-order chi connectivity index (χ0) is 13.2. The van der Waals surface area contributed by atoms with Crippen LogP contribution in [0.4, 0.5) is 0 Å². The lowest BCUT2D eigenvalue weighted by Crippen LogP contribution is -2.53. The van der Waals surface area contributed by atoms with Crippen LogP contribution >= 0.6 is 11.6 Å². The minimum atomic E-state index is -0.218. The quantitative estimate of drug-likeness (QED) is 0.914. The predicted molar refractivity (Wildman–Crippen MR) is 72.8 cm³/mol. The minimum absolute atomic E-state index is 0.0650. The first-order valence-corrected chi connectivity index (χ1v) is 6.62. The van der Waals surface area contributed by atoms with Crippen LogP contribution in [0.2, 0.25) is 5.02 Å². The van der Waals surface area contributed by atoms with Crippen molar-refractivity contribution >= 4 is 11.6 Å². The molecule has 1 aromatic rings. The lowest BCUT2D eigenvalue weighted by Gasteiger charge is -2.42. The van der Waals surface area contributed by atoms with E-state index < -0.39 is 0 Å². The highest BCUT2D eigenvalue weighted by atomic mass is 35.5. The molecule has 1 heterocycles. The van der Waals surface area contributed by atoms with Crippen LogP contribution in [0, 0.1) is 0 Å². The molecule has 0 bridgehead atoms. The van der Waals surface area contributed by atoms with Crippen LogP contribution in [-0.4, -0.2) is 41.4 Å². The Morgan fingerprint density at radius 3 is 2.94 bits per heavy atom. The molecule has 0 spiro atoms. The number of aliphatic hydroxyl groups is 1. The second-order valence-corrected chi connectivity index (χ2v) is 5.92. The molecule has 4 heteroatoms. The summed E-state index contributed by atoms with van der Waals surface area (Å²) in [4.78, 5) is 2.30. The van der Waals surface area contributed by atoms with E-state index >= 15 is 0 Å². The summed E-state index contributed by atoms with van der Waals surface area (Å²) in [5.41, 5.74) is 0.974. The fraction of sp³-hybridized carbons (Fsp3) is 0.571. The number of hydrogen-bond acceptors (Lipinski definition) is 3. The Kier molecular flexibility index (Phi) is 4.28. The van der Waals surface area contributed by atoms with Gasteiger partial charge < -0.3 is 9.84 Å². The van der Waals surface area contributed by atoms with Crippen molar-refractivity contribution in [3.8, 4) is 0 Å².